The van der Waals surface area contributed by atoms with Gasteiger partial charge in [0.15, 0.2) is 0 Å². The summed E-state index contributed by atoms with van der Waals surface area (Å²) in [7, 11) is 0. The van der Waals surface area contributed by atoms with Crippen molar-refractivity contribution in [3.05, 3.63) is 54.1 Å². The number of nitrogens with zero attached hydrogens (tertiary/aromatic N) is 2. The molecule has 2 aromatic rings. The zero-order valence-corrected chi connectivity index (χ0v) is 8.67. The van der Waals surface area contributed by atoms with E-state index in [0.717, 1.165) is 11.4 Å². The first-order chi connectivity index (χ1) is 7.33. The Morgan fingerprint density at radius 2 is 2.07 bits per heavy atom. The number of imidazole rings is 1. The minimum absolute atomic E-state index is 0.0336. The van der Waals surface area contributed by atoms with Gasteiger partial charge in [-0.1, -0.05) is 30.3 Å². The Hall–Kier alpha value is -1.61. The Morgan fingerprint density at radius 1 is 1.33 bits per heavy atom. The third kappa shape index (κ3) is 1.92. The number of aliphatic hydroxyl groups is 1. The smallest absolute Gasteiger partial charge is 0.106 e. The maximum Gasteiger partial charge on any atom is 0.106 e. The lowest BCUT2D eigenvalue weighted by Gasteiger charge is -2.17. The summed E-state index contributed by atoms with van der Waals surface area (Å²) in [5.41, 5.74) is 1.10. The van der Waals surface area contributed by atoms with E-state index in [-0.39, 0.29) is 12.6 Å². The van der Waals surface area contributed by atoms with Crippen LogP contribution in [-0.4, -0.2) is 21.3 Å². The van der Waals surface area contributed by atoms with Crippen LogP contribution in [0.2, 0.25) is 0 Å². The van der Waals surface area contributed by atoms with Gasteiger partial charge in [0, 0.05) is 12.4 Å². The maximum absolute atomic E-state index is 9.43. The molecule has 0 bridgehead atoms. The molecule has 3 heteroatoms. The van der Waals surface area contributed by atoms with Crippen LogP contribution < -0.4 is 0 Å². The summed E-state index contributed by atoms with van der Waals surface area (Å²) in [6.45, 7) is 2.02. The van der Waals surface area contributed by atoms with Crippen LogP contribution in [0, 0.1) is 6.92 Å². The number of hydrogen-bond acceptors (Lipinski definition) is 2. The van der Waals surface area contributed by atoms with Crippen molar-refractivity contribution in [2.45, 2.75) is 13.0 Å². The minimum atomic E-state index is -0.0336. The number of aliphatic hydroxyl groups excluding tert-OH is 1. The summed E-state index contributed by atoms with van der Waals surface area (Å²) >= 11 is 0. The van der Waals surface area contributed by atoms with Crippen molar-refractivity contribution in [2.75, 3.05) is 6.61 Å². The average Bonchev–Trinajstić information content (AvgIpc) is 2.68. The second kappa shape index (κ2) is 4.28. The van der Waals surface area contributed by atoms with Gasteiger partial charge in [-0.25, -0.2) is 4.98 Å². The molecule has 0 saturated carbocycles. The molecule has 0 spiro atoms. The van der Waals surface area contributed by atoms with Crippen molar-refractivity contribution in [2.24, 2.45) is 0 Å². The van der Waals surface area contributed by atoms with Gasteiger partial charge in [0.05, 0.1) is 12.6 Å². The van der Waals surface area contributed by atoms with Gasteiger partial charge in [0.25, 0.3) is 0 Å². The lowest BCUT2D eigenvalue weighted by atomic mass is 10.1. The highest BCUT2D eigenvalue weighted by molar-refractivity contribution is 5.20. The molecule has 1 aromatic carbocycles. The van der Waals surface area contributed by atoms with E-state index in [4.69, 9.17) is 0 Å². The van der Waals surface area contributed by atoms with Crippen LogP contribution in [-0.2, 0) is 0 Å². The molecule has 15 heavy (non-hydrogen) atoms. The second-order valence-electron chi connectivity index (χ2n) is 3.49. The monoisotopic (exact) mass is 202 g/mol. The first-order valence-electron chi connectivity index (χ1n) is 4.98. The Bertz CT molecular complexity index is 422. The van der Waals surface area contributed by atoms with Gasteiger partial charge in [-0.05, 0) is 12.5 Å². The molecular formula is C12H14N2O. The van der Waals surface area contributed by atoms with E-state index in [1.807, 2.05) is 48.0 Å². The van der Waals surface area contributed by atoms with E-state index < -0.39 is 0 Å². The molecule has 1 atom stereocenters. The SMILES string of the molecule is Cc1nccn1[C@@H](CO)c1ccccc1. The predicted molar refractivity (Wildman–Crippen MR) is 58.6 cm³/mol. The third-order valence-corrected chi connectivity index (χ3v) is 2.56. The van der Waals surface area contributed by atoms with Gasteiger partial charge in [-0.3, -0.25) is 0 Å². The molecule has 3 nitrogen and oxygen atoms in total. The van der Waals surface area contributed by atoms with E-state index >= 15 is 0 Å². The third-order valence-electron chi connectivity index (χ3n) is 2.56. The zero-order valence-electron chi connectivity index (χ0n) is 8.67. The highest BCUT2D eigenvalue weighted by atomic mass is 16.3. The van der Waals surface area contributed by atoms with Gasteiger partial charge < -0.3 is 9.67 Å². The van der Waals surface area contributed by atoms with Crippen LogP contribution in [0.15, 0.2) is 42.7 Å². The Labute approximate surface area is 89.0 Å². The van der Waals surface area contributed by atoms with E-state index in [1.165, 1.54) is 0 Å². The summed E-state index contributed by atoms with van der Waals surface area (Å²) in [6.07, 6.45) is 3.64. The van der Waals surface area contributed by atoms with Crippen molar-refractivity contribution in [1.29, 1.82) is 0 Å². The molecule has 0 fully saturated rings. The highest BCUT2D eigenvalue weighted by Crippen LogP contribution is 2.18. The van der Waals surface area contributed by atoms with Gasteiger partial charge in [-0.2, -0.15) is 0 Å². The molecule has 78 valence electrons. The largest absolute Gasteiger partial charge is 0.394 e. The van der Waals surface area contributed by atoms with Gasteiger partial charge in [0.1, 0.15) is 5.82 Å². The van der Waals surface area contributed by atoms with E-state index in [9.17, 15) is 5.11 Å². The molecule has 1 heterocycles. The molecule has 0 radical (unpaired) electrons. The molecule has 1 aromatic heterocycles. The molecule has 1 N–H and O–H groups in total. The lowest BCUT2D eigenvalue weighted by Crippen LogP contribution is -2.15. The summed E-state index contributed by atoms with van der Waals surface area (Å²) in [4.78, 5) is 4.16. The fourth-order valence-electron chi connectivity index (χ4n) is 1.75. The minimum Gasteiger partial charge on any atom is -0.394 e. The highest BCUT2D eigenvalue weighted by Gasteiger charge is 2.13. The van der Waals surface area contributed by atoms with Crippen molar-refractivity contribution < 1.29 is 5.11 Å². The van der Waals surface area contributed by atoms with Crippen molar-refractivity contribution in [1.82, 2.24) is 9.55 Å². The standard InChI is InChI=1S/C12H14N2O/c1-10-13-7-8-14(10)12(9-15)11-5-3-2-4-6-11/h2-8,12,15H,9H2,1H3/t12-/m0/s1. The Morgan fingerprint density at radius 3 is 2.60 bits per heavy atom. The lowest BCUT2D eigenvalue weighted by molar-refractivity contribution is 0.248. The molecule has 0 aliphatic heterocycles. The number of aromatic nitrogens is 2. The van der Waals surface area contributed by atoms with E-state index in [2.05, 4.69) is 4.98 Å². The molecular weight excluding hydrogens is 188 g/mol. The quantitative estimate of drug-likeness (QED) is 0.823. The number of hydrogen-bond donors (Lipinski definition) is 1. The predicted octanol–water partition coefficient (Wildman–Crippen LogP) is 1.77. The van der Waals surface area contributed by atoms with Crippen LogP contribution in [0.3, 0.4) is 0 Å². The molecule has 2 rings (SSSR count). The first-order valence-corrected chi connectivity index (χ1v) is 4.98. The number of aryl methyl sites for hydroxylation is 1. The van der Waals surface area contributed by atoms with Crippen LogP contribution in [0.1, 0.15) is 17.4 Å². The van der Waals surface area contributed by atoms with Crippen LogP contribution in [0.5, 0.6) is 0 Å². The van der Waals surface area contributed by atoms with Gasteiger partial charge in [-0.15, -0.1) is 0 Å². The summed E-state index contributed by atoms with van der Waals surface area (Å²) < 4.78 is 1.98. The van der Waals surface area contributed by atoms with Crippen LogP contribution in [0.25, 0.3) is 0 Å². The second-order valence-corrected chi connectivity index (χ2v) is 3.49. The molecule has 0 aliphatic rings. The molecule has 0 aliphatic carbocycles. The summed E-state index contributed by atoms with van der Waals surface area (Å²) in [5.74, 6) is 0.915. The van der Waals surface area contributed by atoms with E-state index in [1.54, 1.807) is 6.20 Å². The van der Waals surface area contributed by atoms with Gasteiger partial charge in [0.2, 0.25) is 0 Å². The van der Waals surface area contributed by atoms with Gasteiger partial charge >= 0.3 is 0 Å². The molecule has 0 saturated heterocycles. The first kappa shape index (κ1) is 9.93. The molecule has 0 amide bonds. The fourth-order valence-corrected chi connectivity index (χ4v) is 1.75. The topological polar surface area (TPSA) is 38.0 Å². The van der Waals surface area contributed by atoms with Crippen molar-refractivity contribution in [3.8, 4) is 0 Å². The zero-order chi connectivity index (χ0) is 10.7. The summed E-state index contributed by atoms with van der Waals surface area (Å²) in [5, 5.41) is 9.43. The summed E-state index contributed by atoms with van der Waals surface area (Å²) in [6, 6.07) is 9.92. The average molecular weight is 202 g/mol. The number of rotatable bonds is 3. The van der Waals surface area contributed by atoms with Crippen LogP contribution >= 0.6 is 0 Å². The van der Waals surface area contributed by atoms with Crippen LogP contribution in [0.4, 0.5) is 0 Å². The normalized spacial score (nSPS) is 12.7. The maximum atomic E-state index is 9.43. The fraction of sp³-hybridized carbons (Fsp3) is 0.250. The number of benzene rings is 1. The van der Waals surface area contributed by atoms with Crippen molar-refractivity contribution >= 4 is 0 Å². The Kier molecular flexibility index (Phi) is 2.83. The van der Waals surface area contributed by atoms with E-state index in [0.29, 0.717) is 0 Å². The Balaban J connectivity index is 2.37. The molecule has 0 unspecified atom stereocenters. The van der Waals surface area contributed by atoms with Crippen molar-refractivity contribution in [3.63, 3.8) is 0 Å².